The van der Waals surface area contributed by atoms with Crippen LogP contribution in [0.1, 0.15) is 34.6 Å². The summed E-state index contributed by atoms with van der Waals surface area (Å²) >= 11 is 1.51. The van der Waals surface area contributed by atoms with Gasteiger partial charge in [0, 0.05) is 21.2 Å². The van der Waals surface area contributed by atoms with Gasteiger partial charge in [-0.1, -0.05) is 0 Å². The summed E-state index contributed by atoms with van der Waals surface area (Å²) in [4.78, 5) is 29.4. The first-order valence-electron chi connectivity index (χ1n) is 8.99. The monoisotopic (exact) mass is 413 g/mol. The first-order chi connectivity index (χ1) is 13.7. The number of carbonyl (C=O) groups is 2. The average Bonchev–Trinajstić information content (AvgIpc) is 3.01. The molecule has 0 fully saturated rings. The van der Waals surface area contributed by atoms with Crippen LogP contribution in [0, 0.1) is 6.92 Å². The van der Waals surface area contributed by atoms with Crippen molar-refractivity contribution in [2.24, 2.45) is 5.73 Å². The Morgan fingerprint density at radius 2 is 2.03 bits per heavy atom. The molecule has 8 heteroatoms. The number of ether oxygens (including phenoxy) is 2. The molecule has 0 unspecified atom stereocenters. The van der Waals surface area contributed by atoms with E-state index in [1.807, 2.05) is 37.3 Å². The number of rotatable bonds is 7. The summed E-state index contributed by atoms with van der Waals surface area (Å²) in [5, 5.41) is 3.48. The van der Waals surface area contributed by atoms with Gasteiger partial charge < -0.3 is 20.5 Å². The molecule has 2 heterocycles. The van der Waals surface area contributed by atoms with Crippen LogP contribution < -0.4 is 20.5 Å². The fourth-order valence-corrected chi connectivity index (χ4v) is 3.90. The number of hydrogen-bond acceptors (Lipinski definition) is 6. The summed E-state index contributed by atoms with van der Waals surface area (Å²) in [5.41, 5.74) is 5.56. The van der Waals surface area contributed by atoms with Crippen molar-refractivity contribution < 1.29 is 19.1 Å². The lowest BCUT2D eigenvalue weighted by Crippen LogP contribution is -2.53. The van der Waals surface area contributed by atoms with Gasteiger partial charge in [-0.3, -0.25) is 9.59 Å². The molecule has 0 saturated carbocycles. The summed E-state index contributed by atoms with van der Waals surface area (Å²) in [5.74, 6) is 0.180. The van der Waals surface area contributed by atoms with Gasteiger partial charge in [0.2, 0.25) is 11.8 Å². The second kappa shape index (κ2) is 8.08. The van der Waals surface area contributed by atoms with Gasteiger partial charge in [-0.2, -0.15) is 0 Å². The lowest BCUT2D eigenvalue weighted by atomic mass is 10.0. The standard InChI is InChI=1S/C21H23N3O4S/c1-12-17(18(25)24-21(2,3)20(22)26)15-10-14(7-8-16(15)29-12)28-11-13-6-5-9-23-19(13)27-4/h5-10H,11H2,1-4H3,(H2,22,26)(H,24,25). The van der Waals surface area contributed by atoms with Crippen molar-refractivity contribution >= 4 is 33.2 Å². The summed E-state index contributed by atoms with van der Waals surface area (Å²) in [6.07, 6.45) is 1.65. The number of hydrogen-bond donors (Lipinski definition) is 2. The number of nitrogens with one attached hydrogen (secondary N) is 1. The van der Waals surface area contributed by atoms with Crippen LogP contribution in [-0.2, 0) is 11.4 Å². The van der Waals surface area contributed by atoms with Gasteiger partial charge in [0.25, 0.3) is 5.91 Å². The van der Waals surface area contributed by atoms with E-state index in [-0.39, 0.29) is 12.5 Å². The van der Waals surface area contributed by atoms with E-state index in [1.54, 1.807) is 27.2 Å². The second-order valence-corrected chi connectivity index (χ2v) is 8.35. The molecule has 7 nitrogen and oxygen atoms in total. The fourth-order valence-electron chi connectivity index (χ4n) is 2.86. The van der Waals surface area contributed by atoms with Gasteiger partial charge in [-0.25, -0.2) is 4.98 Å². The maximum absolute atomic E-state index is 12.9. The number of primary amides is 1. The number of nitrogens with two attached hydrogens (primary N) is 1. The van der Waals surface area contributed by atoms with Gasteiger partial charge >= 0.3 is 0 Å². The van der Waals surface area contributed by atoms with E-state index in [0.29, 0.717) is 17.2 Å². The van der Waals surface area contributed by atoms with Gasteiger partial charge in [-0.05, 0) is 51.1 Å². The summed E-state index contributed by atoms with van der Waals surface area (Å²) in [6, 6.07) is 9.29. The van der Waals surface area contributed by atoms with Crippen molar-refractivity contribution in [1.82, 2.24) is 10.3 Å². The zero-order chi connectivity index (χ0) is 21.2. The van der Waals surface area contributed by atoms with Crippen molar-refractivity contribution in [3.63, 3.8) is 0 Å². The van der Waals surface area contributed by atoms with Crippen molar-refractivity contribution in [2.75, 3.05) is 7.11 Å². The Morgan fingerprint density at radius 3 is 2.72 bits per heavy atom. The summed E-state index contributed by atoms with van der Waals surface area (Å²) < 4.78 is 12.1. The molecule has 0 atom stereocenters. The molecule has 3 N–H and O–H groups in total. The Kier molecular flexibility index (Phi) is 5.74. The molecule has 0 radical (unpaired) electrons. The highest BCUT2D eigenvalue weighted by Crippen LogP contribution is 2.34. The number of aryl methyl sites for hydroxylation is 1. The molecule has 2 amide bonds. The fraction of sp³-hybridized carbons (Fsp3) is 0.286. The maximum Gasteiger partial charge on any atom is 0.253 e. The van der Waals surface area contributed by atoms with Gasteiger partial charge in [0.05, 0.1) is 18.2 Å². The number of carbonyl (C=O) groups excluding carboxylic acids is 2. The molecule has 0 aliphatic rings. The van der Waals surface area contributed by atoms with E-state index in [0.717, 1.165) is 20.5 Å². The number of amides is 2. The Bertz CT molecular complexity index is 1070. The van der Waals surface area contributed by atoms with Crippen molar-refractivity contribution in [3.05, 3.63) is 52.5 Å². The predicted octanol–water partition coefficient (Wildman–Crippen LogP) is 3.19. The van der Waals surface area contributed by atoms with Crippen LogP contribution >= 0.6 is 11.3 Å². The number of methoxy groups -OCH3 is 1. The zero-order valence-electron chi connectivity index (χ0n) is 16.7. The molecule has 152 valence electrons. The molecular weight excluding hydrogens is 390 g/mol. The highest BCUT2D eigenvalue weighted by Gasteiger charge is 2.29. The highest BCUT2D eigenvalue weighted by atomic mass is 32.1. The summed E-state index contributed by atoms with van der Waals surface area (Å²) in [6.45, 7) is 5.31. The van der Waals surface area contributed by atoms with E-state index in [2.05, 4.69) is 10.3 Å². The molecule has 0 aliphatic heterocycles. The largest absolute Gasteiger partial charge is 0.489 e. The second-order valence-electron chi connectivity index (χ2n) is 7.10. The SMILES string of the molecule is COc1ncccc1COc1ccc2sc(C)c(C(=O)NC(C)(C)C(N)=O)c2c1. The van der Waals surface area contributed by atoms with Crippen LogP contribution in [0.15, 0.2) is 36.5 Å². The minimum absolute atomic E-state index is 0.280. The van der Waals surface area contributed by atoms with Crippen LogP contribution in [0.4, 0.5) is 0 Å². The molecule has 1 aromatic carbocycles. The summed E-state index contributed by atoms with van der Waals surface area (Å²) in [7, 11) is 1.56. The molecule has 0 saturated heterocycles. The predicted molar refractivity (Wildman–Crippen MR) is 112 cm³/mol. The van der Waals surface area contributed by atoms with Crippen LogP contribution in [0.3, 0.4) is 0 Å². The molecule has 29 heavy (non-hydrogen) atoms. The third-order valence-corrected chi connectivity index (χ3v) is 5.63. The normalized spacial score (nSPS) is 11.3. The van der Waals surface area contributed by atoms with E-state index in [4.69, 9.17) is 15.2 Å². The van der Waals surface area contributed by atoms with E-state index in [9.17, 15) is 9.59 Å². The number of aromatic nitrogens is 1. The van der Waals surface area contributed by atoms with Gasteiger partial charge in [0.15, 0.2) is 0 Å². The average molecular weight is 413 g/mol. The van der Waals surface area contributed by atoms with E-state index in [1.165, 1.54) is 11.3 Å². The Hall–Kier alpha value is -3.13. The first kappa shape index (κ1) is 20.6. The van der Waals surface area contributed by atoms with E-state index < -0.39 is 11.4 Å². The quantitative estimate of drug-likeness (QED) is 0.619. The Balaban J connectivity index is 1.88. The maximum atomic E-state index is 12.9. The van der Waals surface area contributed by atoms with Crippen LogP contribution in [0.25, 0.3) is 10.1 Å². The topological polar surface area (TPSA) is 104 Å². The number of fused-ring (bicyclic) bond motifs is 1. The van der Waals surface area contributed by atoms with Crippen LogP contribution in [0.5, 0.6) is 11.6 Å². The third kappa shape index (κ3) is 4.32. The van der Waals surface area contributed by atoms with Crippen LogP contribution in [0.2, 0.25) is 0 Å². The van der Waals surface area contributed by atoms with Crippen LogP contribution in [-0.4, -0.2) is 29.4 Å². The Morgan fingerprint density at radius 1 is 1.28 bits per heavy atom. The van der Waals surface area contributed by atoms with Gasteiger partial charge in [-0.15, -0.1) is 11.3 Å². The van der Waals surface area contributed by atoms with Crippen molar-refractivity contribution in [1.29, 1.82) is 0 Å². The molecule has 0 aliphatic carbocycles. The molecule has 0 spiro atoms. The molecule has 2 aromatic heterocycles. The number of thiophene rings is 1. The van der Waals surface area contributed by atoms with Crippen molar-refractivity contribution in [3.8, 4) is 11.6 Å². The lowest BCUT2D eigenvalue weighted by molar-refractivity contribution is -0.122. The smallest absolute Gasteiger partial charge is 0.253 e. The Labute approximate surface area is 172 Å². The zero-order valence-corrected chi connectivity index (χ0v) is 17.6. The molecule has 3 rings (SSSR count). The molecule has 3 aromatic rings. The minimum atomic E-state index is -1.15. The third-order valence-electron chi connectivity index (χ3n) is 4.54. The highest BCUT2D eigenvalue weighted by molar-refractivity contribution is 7.19. The van der Waals surface area contributed by atoms with E-state index >= 15 is 0 Å². The number of pyridine rings is 1. The molecule has 0 bridgehead atoms. The first-order valence-corrected chi connectivity index (χ1v) is 9.81. The van der Waals surface area contributed by atoms with Crippen molar-refractivity contribution in [2.45, 2.75) is 32.9 Å². The lowest BCUT2D eigenvalue weighted by Gasteiger charge is -2.22. The number of benzene rings is 1. The number of nitrogens with zero attached hydrogens (tertiary/aromatic N) is 1. The minimum Gasteiger partial charge on any atom is -0.489 e. The van der Waals surface area contributed by atoms with Gasteiger partial charge in [0.1, 0.15) is 17.9 Å². The molecular formula is C21H23N3O4S.